The molecule has 1 aromatic rings. The van der Waals surface area contributed by atoms with E-state index in [1.165, 1.54) is 0 Å². The second kappa shape index (κ2) is 5.39. The van der Waals surface area contributed by atoms with Gasteiger partial charge in [0.05, 0.1) is 5.56 Å². The maximum atomic E-state index is 13.1. The van der Waals surface area contributed by atoms with E-state index in [-0.39, 0.29) is 4.47 Å². The highest BCUT2D eigenvalue weighted by molar-refractivity contribution is 9.10. The minimum absolute atomic E-state index is 0.255. The molecule has 0 saturated carbocycles. The van der Waals surface area contributed by atoms with Gasteiger partial charge in [-0.3, -0.25) is 0 Å². The molecule has 1 aromatic carbocycles. The molecule has 2 atom stereocenters. The Morgan fingerprint density at radius 2 is 2.00 bits per heavy atom. The first kappa shape index (κ1) is 14.5. The van der Waals surface area contributed by atoms with Gasteiger partial charge in [0.1, 0.15) is 0 Å². The molecule has 0 radical (unpaired) electrons. The van der Waals surface area contributed by atoms with Crippen molar-refractivity contribution in [3.63, 3.8) is 0 Å². The number of rotatable bonds is 3. The third-order valence-electron chi connectivity index (χ3n) is 1.74. The molecule has 0 aliphatic heterocycles. The molecule has 0 aromatic heterocycles. The smallest absolute Gasteiger partial charge is 0.205 e. The summed E-state index contributed by atoms with van der Waals surface area (Å²) in [6, 6.07) is 2.51. The lowest BCUT2D eigenvalue weighted by atomic mass is 10.1. The quantitative estimate of drug-likeness (QED) is 0.668. The SMILES string of the molecule is O=[P+](O)OC(F)c1ccc(Br)c(C(F)(F)F)c1. The van der Waals surface area contributed by atoms with Gasteiger partial charge < -0.3 is 0 Å². The van der Waals surface area contributed by atoms with Crippen LogP contribution < -0.4 is 0 Å². The van der Waals surface area contributed by atoms with Crippen molar-refractivity contribution < 1.29 is 31.5 Å². The highest BCUT2D eigenvalue weighted by Crippen LogP contribution is 2.38. The van der Waals surface area contributed by atoms with Crippen LogP contribution in [0.15, 0.2) is 22.7 Å². The minimum atomic E-state index is -4.66. The van der Waals surface area contributed by atoms with Gasteiger partial charge in [-0.2, -0.15) is 13.2 Å². The van der Waals surface area contributed by atoms with Crippen molar-refractivity contribution in [1.82, 2.24) is 0 Å². The summed E-state index contributed by atoms with van der Waals surface area (Å²) >= 11 is 2.68. The van der Waals surface area contributed by atoms with E-state index in [2.05, 4.69) is 20.5 Å². The van der Waals surface area contributed by atoms with Gasteiger partial charge in [-0.1, -0.05) is 26.5 Å². The second-order valence-corrected chi connectivity index (χ2v) is 4.44. The Morgan fingerprint density at radius 1 is 1.41 bits per heavy atom. The first-order valence-electron chi connectivity index (χ1n) is 4.05. The van der Waals surface area contributed by atoms with Gasteiger partial charge in [0.25, 0.3) is 6.36 Å². The fourth-order valence-corrected chi connectivity index (χ4v) is 1.79. The zero-order valence-electron chi connectivity index (χ0n) is 7.91. The van der Waals surface area contributed by atoms with Crippen LogP contribution in [0.1, 0.15) is 17.5 Å². The average Bonchev–Trinajstić information content (AvgIpc) is 2.15. The first-order chi connectivity index (χ1) is 7.71. The predicted octanol–water partition coefficient (Wildman–Crippen LogP) is 4.10. The first-order valence-corrected chi connectivity index (χ1v) is 5.98. The van der Waals surface area contributed by atoms with Gasteiger partial charge in [-0.25, -0.2) is 4.39 Å². The molecule has 0 aliphatic rings. The summed E-state index contributed by atoms with van der Waals surface area (Å²) in [5.41, 5.74) is -1.58. The second-order valence-electron chi connectivity index (χ2n) is 2.90. The van der Waals surface area contributed by atoms with Gasteiger partial charge in [-0.15, -0.1) is 4.89 Å². The van der Waals surface area contributed by atoms with Crippen molar-refractivity contribution in [2.24, 2.45) is 0 Å². The van der Waals surface area contributed by atoms with Gasteiger partial charge in [0.2, 0.25) is 0 Å². The van der Waals surface area contributed by atoms with Crippen LogP contribution in [-0.4, -0.2) is 4.89 Å². The zero-order chi connectivity index (χ0) is 13.2. The molecular formula is C8H5BrF4O3P+. The third kappa shape index (κ3) is 3.99. The van der Waals surface area contributed by atoms with Gasteiger partial charge in [-0.05, 0) is 12.1 Å². The Kier molecular flexibility index (Phi) is 4.60. The van der Waals surface area contributed by atoms with Gasteiger partial charge in [0.15, 0.2) is 0 Å². The van der Waals surface area contributed by atoms with Crippen molar-refractivity contribution in [2.45, 2.75) is 12.5 Å². The summed E-state index contributed by atoms with van der Waals surface area (Å²) in [5, 5.41) is 0. The van der Waals surface area contributed by atoms with Crippen molar-refractivity contribution in [1.29, 1.82) is 0 Å². The molecule has 0 aliphatic carbocycles. The summed E-state index contributed by atoms with van der Waals surface area (Å²) in [7, 11) is -3.23. The molecule has 0 heterocycles. The number of benzene rings is 1. The predicted molar refractivity (Wildman–Crippen MR) is 53.9 cm³/mol. The molecule has 1 N–H and O–H groups in total. The lowest BCUT2D eigenvalue weighted by Gasteiger charge is -2.11. The Labute approximate surface area is 102 Å². The molecule has 17 heavy (non-hydrogen) atoms. The van der Waals surface area contributed by atoms with Crippen LogP contribution in [-0.2, 0) is 15.3 Å². The van der Waals surface area contributed by atoms with Gasteiger partial charge >= 0.3 is 14.4 Å². The summed E-state index contributed by atoms with van der Waals surface area (Å²) in [6.45, 7) is 0. The maximum Gasteiger partial charge on any atom is 0.698 e. The lowest BCUT2D eigenvalue weighted by Crippen LogP contribution is -2.07. The molecule has 0 fully saturated rings. The molecule has 0 spiro atoms. The Bertz CT molecular complexity index is 437. The van der Waals surface area contributed by atoms with Crippen LogP contribution in [0.5, 0.6) is 0 Å². The standard InChI is InChI=1S/C8H4BrF4O3P/c9-6-2-1-4(7(10)16-17(14)15)3-5(6)8(11,12)13/h1-3,7H/p+1. The molecule has 9 heteroatoms. The number of alkyl halides is 4. The van der Waals surface area contributed by atoms with E-state index in [4.69, 9.17) is 4.89 Å². The maximum absolute atomic E-state index is 13.1. The summed E-state index contributed by atoms with van der Waals surface area (Å²) < 4.78 is 64.3. The fourth-order valence-electron chi connectivity index (χ4n) is 1.04. The van der Waals surface area contributed by atoms with E-state index in [1.54, 1.807) is 0 Å². The monoisotopic (exact) mass is 335 g/mol. The van der Waals surface area contributed by atoms with E-state index in [0.29, 0.717) is 6.07 Å². The topological polar surface area (TPSA) is 46.5 Å². The van der Waals surface area contributed by atoms with Crippen LogP contribution >= 0.6 is 24.2 Å². The average molecular weight is 336 g/mol. The Hall–Kier alpha value is -0.560. The lowest BCUT2D eigenvalue weighted by molar-refractivity contribution is -0.138. The van der Waals surface area contributed by atoms with Crippen LogP contribution in [0.3, 0.4) is 0 Å². The van der Waals surface area contributed by atoms with Crippen LogP contribution in [0.25, 0.3) is 0 Å². The van der Waals surface area contributed by atoms with Crippen molar-refractivity contribution in [2.75, 3.05) is 0 Å². The van der Waals surface area contributed by atoms with Crippen molar-refractivity contribution >= 4 is 24.2 Å². The summed E-state index contributed by atoms with van der Waals surface area (Å²) in [6.07, 6.45) is -7.05. The molecule has 0 amide bonds. The number of halogens is 5. The van der Waals surface area contributed by atoms with Crippen LogP contribution in [0.2, 0.25) is 0 Å². The Morgan fingerprint density at radius 3 is 2.47 bits per heavy atom. The van der Waals surface area contributed by atoms with Crippen molar-refractivity contribution in [3.8, 4) is 0 Å². The molecule has 94 valence electrons. The van der Waals surface area contributed by atoms with Crippen LogP contribution in [0.4, 0.5) is 17.6 Å². The summed E-state index contributed by atoms with van der Waals surface area (Å²) in [5.74, 6) is 0. The minimum Gasteiger partial charge on any atom is -0.205 e. The largest absolute Gasteiger partial charge is 0.698 e. The number of hydrogen-bond donors (Lipinski definition) is 1. The highest BCUT2D eigenvalue weighted by Gasteiger charge is 2.34. The molecule has 0 saturated heterocycles. The van der Waals surface area contributed by atoms with E-state index in [1.807, 2.05) is 0 Å². The third-order valence-corrected chi connectivity index (χ3v) is 2.80. The summed E-state index contributed by atoms with van der Waals surface area (Å²) in [4.78, 5) is 8.28. The highest BCUT2D eigenvalue weighted by atomic mass is 79.9. The Balaban J connectivity index is 3.08. The van der Waals surface area contributed by atoms with E-state index in [9.17, 15) is 22.1 Å². The fraction of sp³-hybridized carbons (Fsp3) is 0.250. The van der Waals surface area contributed by atoms with Gasteiger partial charge in [0, 0.05) is 14.6 Å². The van der Waals surface area contributed by atoms with Crippen LogP contribution in [0, 0.1) is 0 Å². The van der Waals surface area contributed by atoms with E-state index < -0.39 is 31.9 Å². The van der Waals surface area contributed by atoms with Crippen molar-refractivity contribution in [3.05, 3.63) is 33.8 Å². The zero-order valence-corrected chi connectivity index (χ0v) is 10.4. The number of hydrogen-bond acceptors (Lipinski definition) is 2. The van der Waals surface area contributed by atoms with E-state index >= 15 is 0 Å². The normalized spacial score (nSPS) is 14.6. The molecular weight excluding hydrogens is 331 g/mol. The molecule has 1 rings (SSSR count). The molecule has 3 nitrogen and oxygen atoms in total. The molecule has 2 unspecified atom stereocenters. The molecule has 0 bridgehead atoms. The van der Waals surface area contributed by atoms with E-state index in [0.717, 1.165) is 12.1 Å².